The zero-order valence-corrected chi connectivity index (χ0v) is 7.58. The van der Waals surface area contributed by atoms with Crippen LogP contribution in [0.2, 0.25) is 0 Å². The Morgan fingerprint density at radius 2 is 2.14 bits per heavy atom. The minimum atomic E-state index is -0.393. The molecular formula is C11H7FN2. The van der Waals surface area contributed by atoms with Crippen LogP contribution in [-0.2, 0) is 0 Å². The van der Waals surface area contributed by atoms with Gasteiger partial charge in [0.1, 0.15) is 11.9 Å². The summed E-state index contributed by atoms with van der Waals surface area (Å²) in [6, 6.07) is 6.66. The maximum Gasteiger partial charge on any atom is 0.151 e. The van der Waals surface area contributed by atoms with E-state index in [1.54, 1.807) is 12.1 Å². The monoisotopic (exact) mass is 186 g/mol. The van der Waals surface area contributed by atoms with Gasteiger partial charge in [0.2, 0.25) is 0 Å². The summed E-state index contributed by atoms with van der Waals surface area (Å²) in [5.41, 5.74) is 1.09. The first kappa shape index (κ1) is 8.64. The molecule has 14 heavy (non-hydrogen) atoms. The van der Waals surface area contributed by atoms with E-state index in [0.29, 0.717) is 5.39 Å². The summed E-state index contributed by atoms with van der Waals surface area (Å²) in [5, 5.41) is 9.83. The number of hydrogen-bond acceptors (Lipinski definition) is 2. The summed E-state index contributed by atoms with van der Waals surface area (Å²) in [7, 11) is 0. The molecule has 2 rings (SSSR count). The smallest absolute Gasteiger partial charge is 0.151 e. The van der Waals surface area contributed by atoms with Gasteiger partial charge in [-0.3, -0.25) is 0 Å². The van der Waals surface area contributed by atoms with Crippen LogP contribution in [0, 0.1) is 24.1 Å². The molecule has 0 saturated carbocycles. The Balaban J connectivity index is 3.01. The Hall–Kier alpha value is -1.95. The number of nitrogens with zero attached hydrogens (tertiary/aromatic N) is 2. The van der Waals surface area contributed by atoms with Crippen molar-refractivity contribution in [1.82, 2.24) is 4.98 Å². The Kier molecular flexibility index (Phi) is 1.90. The molecule has 0 radical (unpaired) electrons. The van der Waals surface area contributed by atoms with Crippen LogP contribution in [0.25, 0.3) is 10.8 Å². The van der Waals surface area contributed by atoms with E-state index in [9.17, 15) is 4.39 Å². The van der Waals surface area contributed by atoms with Crippen molar-refractivity contribution in [3.8, 4) is 6.07 Å². The summed E-state index contributed by atoms with van der Waals surface area (Å²) < 4.78 is 13.4. The van der Waals surface area contributed by atoms with Crippen molar-refractivity contribution in [3.05, 3.63) is 41.5 Å². The highest BCUT2D eigenvalue weighted by Crippen LogP contribution is 2.22. The van der Waals surface area contributed by atoms with Crippen LogP contribution < -0.4 is 0 Å². The second kappa shape index (κ2) is 3.08. The van der Waals surface area contributed by atoms with Gasteiger partial charge in [-0.1, -0.05) is 6.07 Å². The number of aryl methyl sites for hydroxylation is 1. The van der Waals surface area contributed by atoms with Crippen LogP contribution in [0.1, 0.15) is 11.3 Å². The molecule has 0 N–H and O–H groups in total. The lowest BCUT2D eigenvalue weighted by Gasteiger charge is -2.03. The minimum Gasteiger partial charge on any atom is -0.245 e. The molecule has 0 saturated heterocycles. The quantitative estimate of drug-likeness (QED) is 0.634. The fourth-order valence-corrected chi connectivity index (χ4v) is 1.49. The molecule has 3 heteroatoms. The van der Waals surface area contributed by atoms with E-state index in [2.05, 4.69) is 4.98 Å². The van der Waals surface area contributed by atoms with Crippen molar-refractivity contribution in [3.63, 3.8) is 0 Å². The zero-order valence-electron chi connectivity index (χ0n) is 7.58. The molecule has 1 heterocycles. The van der Waals surface area contributed by atoms with Crippen LogP contribution in [0.15, 0.2) is 24.4 Å². The van der Waals surface area contributed by atoms with E-state index in [1.807, 2.05) is 13.0 Å². The van der Waals surface area contributed by atoms with Crippen molar-refractivity contribution in [2.75, 3.05) is 0 Å². The first-order valence-corrected chi connectivity index (χ1v) is 4.18. The summed E-state index contributed by atoms with van der Waals surface area (Å²) >= 11 is 0. The number of halogens is 1. The number of rotatable bonds is 0. The van der Waals surface area contributed by atoms with Gasteiger partial charge in [-0.25, -0.2) is 9.37 Å². The summed E-state index contributed by atoms with van der Waals surface area (Å²) in [6.07, 6.45) is 1.52. The van der Waals surface area contributed by atoms with Crippen molar-refractivity contribution in [2.45, 2.75) is 6.92 Å². The van der Waals surface area contributed by atoms with Gasteiger partial charge in [0.25, 0.3) is 0 Å². The molecule has 0 unspecified atom stereocenters. The first-order valence-electron chi connectivity index (χ1n) is 4.18. The van der Waals surface area contributed by atoms with E-state index in [-0.39, 0.29) is 5.69 Å². The topological polar surface area (TPSA) is 36.7 Å². The third kappa shape index (κ3) is 1.12. The molecule has 68 valence electrons. The molecule has 2 aromatic rings. The molecule has 0 aliphatic heterocycles. The summed E-state index contributed by atoms with van der Waals surface area (Å²) in [6.45, 7) is 1.88. The number of fused-ring (bicyclic) bond motifs is 1. The second-order valence-electron chi connectivity index (χ2n) is 3.06. The van der Waals surface area contributed by atoms with Gasteiger partial charge >= 0.3 is 0 Å². The Morgan fingerprint density at radius 3 is 2.86 bits per heavy atom. The first-order chi connectivity index (χ1) is 6.74. The van der Waals surface area contributed by atoms with Crippen LogP contribution in [0.4, 0.5) is 4.39 Å². The van der Waals surface area contributed by atoms with Crippen molar-refractivity contribution >= 4 is 10.8 Å². The summed E-state index contributed by atoms with van der Waals surface area (Å²) in [5.74, 6) is -0.393. The fraction of sp³-hybridized carbons (Fsp3) is 0.0909. The molecule has 2 nitrogen and oxygen atoms in total. The average Bonchev–Trinajstić information content (AvgIpc) is 2.23. The third-order valence-electron chi connectivity index (χ3n) is 2.20. The Labute approximate surface area is 80.6 Å². The highest BCUT2D eigenvalue weighted by Gasteiger charge is 2.08. The minimum absolute atomic E-state index is 0.142. The molecule has 0 fully saturated rings. The molecule has 0 amide bonds. The number of aromatic nitrogens is 1. The number of benzene rings is 1. The van der Waals surface area contributed by atoms with Gasteiger partial charge in [-0.05, 0) is 30.0 Å². The molecule has 0 bridgehead atoms. The van der Waals surface area contributed by atoms with E-state index in [4.69, 9.17) is 5.26 Å². The fourth-order valence-electron chi connectivity index (χ4n) is 1.49. The third-order valence-corrected chi connectivity index (χ3v) is 2.20. The number of nitriles is 1. The van der Waals surface area contributed by atoms with E-state index in [1.165, 1.54) is 12.3 Å². The lowest BCUT2D eigenvalue weighted by atomic mass is 10.1. The highest BCUT2D eigenvalue weighted by molar-refractivity contribution is 5.89. The number of pyridine rings is 1. The van der Waals surface area contributed by atoms with Crippen LogP contribution in [0.3, 0.4) is 0 Å². The molecule has 0 spiro atoms. The SMILES string of the molecule is Cc1ccc(F)c2c(C#N)nccc12. The Morgan fingerprint density at radius 1 is 1.36 bits per heavy atom. The van der Waals surface area contributed by atoms with Crippen LogP contribution >= 0.6 is 0 Å². The van der Waals surface area contributed by atoms with E-state index < -0.39 is 5.82 Å². The summed E-state index contributed by atoms with van der Waals surface area (Å²) in [4.78, 5) is 3.83. The van der Waals surface area contributed by atoms with Crippen LogP contribution in [-0.4, -0.2) is 4.98 Å². The van der Waals surface area contributed by atoms with Crippen molar-refractivity contribution < 1.29 is 4.39 Å². The normalized spacial score (nSPS) is 10.1. The van der Waals surface area contributed by atoms with Gasteiger partial charge in [0, 0.05) is 6.20 Å². The average molecular weight is 186 g/mol. The van der Waals surface area contributed by atoms with Gasteiger partial charge in [0.15, 0.2) is 5.69 Å². The predicted octanol–water partition coefficient (Wildman–Crippen LogP) is 2.55. The largest absolute Gasteiger partial charge is 0.245 e. The molecule has 0 aliphatic rings. The van der Waals surface area contributed by atoms with Gasteiger partial charge in [-0.15, -0.1) is 0 Å². The zero-order chi connectivity index (χ0) is 10.1. The standard InChI is InChI=1S/C11H7FN2/c1-7-2-3-9(12)11-8(7)4-5-14-10(11)6-13/h2-5H,1H3. The van der Waals surface area contributed by atoms with E-state index in [0.717, 1.165) is 10.9 Å². The lowest BCUT2D eigenvalue weighted by Crippen LogP contribution is -1.90. The van der Waals surface area contributed by atoms with Gasteiger partial charge in [-0.2, -0.15) is 5.26 Å². The van der Waals surface area contributed by atoms with E-state index >= 15 is 0 Å². The van der Waals surface area contributed by atoms with Crippen molar-refractivity contribution in [1.29, 1.82) is 5.26 Å². The maximum absolute atomic E-state index is 13.4. The highest BCUT2D eigenvalue weighted by atomic mass is 19.1. The number of hydrogen-bond donors (Lipinski definition) is 0. The van der Waals surface area contributed by atoms with Crippen LogP contribution in [0.5, 0.6) is 0 Å². The molecule has 0 aliphatic carbocycles. The lowest BCUT2D eigenvalue weighted by molar-refractivity contribution is 0.639. The van der Waals surface area contributed by atoms with Crippen molar-refractivity contribution in [2.24, 2.45) is 0 Å². The van der Waals surface area contributed by atoms with Gasteiger partial charge in [0.05, 0.1) is 5.39 Å². The maximum atomic E-state index is 13.4. The predicted molar refractivity (Wildman–Crippen MR) is 51.2 cm³/mol. The van der Waals surface area contributed by atoms with Gasteiger partial charge < -0.3 is 0 Å². The molecule has 0 atom stereocenters. The second-order valence-corrected chi connectivity index (χ2v) is 3.06. The molecule has 1 aromatic carbocycles. The molecule has 1 aromatic heterocycles. The molecular weight excluding hydrogens is 179 g/mol. The Bertz CT molecular complexity index is 541.